The van der Waals surface area contributed by atoms with Crippen LogP contribution >= 0.6 is 0 Å². The topological polar surface area (TPSA) is 55.7 Å². The van der Waals surface area contributed by atoms with Gasteiger partial charge in [-0.25, -0.2) is 0 Å². The first kappa shape index (κ1) is 11.9. The highest BCUT2D eigenvalue weighted by molar-refractivity contribution is 4.84. The molecule has 0 aromatic rings. The van der Waals surface area contributed by atoms with Gasteiger partial charge in [-0.3, -0.25) is 4.90 Å². The number of nitrogens with one attached hydrogen (secondary N) is 1. The Labute approximate surface area is 85.9 Å². The minimum Gasteiger partial charge on any atom is -0.395 e. The van der Waals surface area contributed by atoms with Crippen LogP contribution in [0.3, 0.4) is 0 Å². The zero-order valence-corrected chi connectivity index (χ0v) is 9.11. The normalized spacial score (nSPS) is 27.9. The first-order valence-corrected chi connectivity index (χ1v) is 5.40. The van der Waals surface area contributed by atoms with E-state index in [0.717, 1.165) is 13.0 Å². The van der Waals surface area contributed by atoms with Crippen molar-refractivity contribution in [1.29, 1.82) is 0 Å². The van der Waals surface area contributed by atoms with Crippen molar-refractivity contribution in [3.63, 3.8) is 0 Å². The first-order valence-electron chi connectivity index (χ1n) is 5.40. The number of aliphatic hydroxyl groups is 2. The van der Waals surface area contributed by atoms with Gasteiger partial charge in [-0.05, 0) is 20.3 Å². The van der Waals surface area contributed by atoms with E-state index in [0.29, 0.717) is 25.2 Å². The molecule has 0 aliphatic carbocycles. The summed E-state index contributed by atoms with van der Waals surface area (Å²) in [5.74, 6) is 0. The Kier molecular flexibility index (Phi) is 4.81. The molecule has 0 saturated carbocycles. The van der Waals surface area contributed by atoms with Gasteiger partial charge in [-0.1, -0.05) is 0 Å². The lowest BCUT2D eigenvalue weighted by Crippen LogP contribution is -2.42. The molecule has 3 N–H and O–H groups in total. The largest absolute Gasteiger partial charge is 0.395 e. The van der Waals surface area contributed by atoms with E-state index >= 15 is 0 Å². The molecule has 2 unspecified atom stereocenters. The molecule has 84 valence electrons. The van der Waals surface area contributed by atoms with E-state index in [1.54, 1.807) is 0 Å². The molecule has 0 bridgehead atoms. The molecular formula is C10H22N2O2. The smallest absolute Gasteiger partial charge is 0.0680 e. The monoisotopic (exact) mass is 202 g/mol. The number of nitrogens with zero attached hydrogens (tertiary/aromatic N) is 1. The molecule has 0 spiro atoms. The zero-order valence-electron chi connectivity index (χ0n) is 9.11. The molecule has 2 atom stereocenters. The number of β-amino-alcohol motifs (C(OH)–C–C–N with tert-alkyl or cyclic N) is 1. The van der Waals surface area contributed by atoms with E-state index in [2.05, 4.69) is 24.1 Å². The molecule has 1 saturated heterocycles. The van der Waals surface area contributed by atoms with Crippen molar-refractivity contribution in [2.24, 2.45) is 0 Å². The van der Waals surface area contributed by atoms with Crippen LogP contribution in [0, 0.1) is 0 Å². The predicted molar refractivity (Wildman–Crippen MR) is 56.2 cm³/mol. The number of aliphatic hydroxyl groups excluding tert-OH is 2. The number of hydrogen-bond acceptors (Lipinski definition) is 4. The quantitative estimate of drug-likeness (QED) is 0.558. The first-order chi connectivity index (χ1) is 6.63. The van der Waals surface area contributed by atoms with Gasteiger partial charge in [0, 0.05) is 31.7 Å². The summed E-state index contributed by atoms with van der Waals surface area (Å²) in [5, 5.41) is 21.5. The van der Waals surface area contributed by atoms with Crippen LogP contribution in [0.25, 0.3) is 0 Å². The Morgan fingerprint density at radius 1 is 1.50 bits per heavy atom. The van der Waals surface area contributed by atoms with Crippen molar-refractivity contribution in [2.45, 2.75) is 38.5 Å². The molecule has 4 nitrogen and oxygen atoms in total. The number of rotatable bonds is 5. The Morgan fingerprint density at radius 3 is 2.64 bits per heavy atom. The maximum Gasteiger partial charge on any atom is 0.0680 e. The summed E-state index contributed by atoms with van der Waals surface area (Å²) in [6.45, 7) is 6.78. The third-order valence-corrected chi connectivity index (χ3v) is 2.77. The van der Waals surface area contributed by atoms with E-state index in [4.69, 9.17) is 5.11 Å². The molecule has 1 fully saturated rings. The molecule has 0 aromatic carbocycles. The highest BCUT2D eigenvalue weighted by Crippen LogP contribution is 2.09. The van der Waals surface area contributed by atoms with Gasteiger partial charge in [-0.15, -0.1) is 0 Å². The second-order valence-corrected chi connectivity index (χ2v) is 4.31. The fraction of sp³-hybridized carbons (Fsp3) is 1.00. The van der Waals surface area contributed by atoms with Crippen LogP contribution in [0.15, 0.2) is 0 Å². The molecule has 14 heavy (non-hydrogen) atoms. The summed E-state index contributed by atoms with van der Waals surface area (Å²) in [5.41, 5.74) is 0. The molecule has 1 heterocycles. The van der Waals surface area contributed by atoms with Crippen molar-refractivity contribution in [3.05, 3.63) is 0 Å². The highest BCUT2D eigenvalue weighted by Gasteiger charge is 2.24. The summed E-state index contributed by atoms with van der Waals surface area (Å²) in [6.07, 6.45) is 0.636. The second-order valence-electron chi connectivity index (χ2n) is 4.31. The van der Waals surface area contributed by atoms with Crippen molar-refractivity contribution < 1.29 is 10.2 Å². The Balaban J connectivity index is 2.31. The summed E-state index contributed by atoms with van der Waals surface area (Å²) >= 11 is 0. The van der Waals surface area contributed by atoms with Gasteiger partial charge < -0.3 is 15.5 Å². The van der Waals surface area contributed by atoms with Crippen LogP contribution in [0.5, 0.6) is 0 Å². The molecule has 0 radical (unpaired) electrons. The van der Waals surface area contributed by atoms with Crippen LogP contribution in [-0.2, 0) is 0 Å². The average molecular weight is 202 g/mol. The lowest BCUT2D eigenvalue weighted by atomic mass is 10.1. The molecule has 0 amide bonds. The van der Waals surface area contributed by atoms with Crippen LogP contribution in [0.2, 0.25) is 0 Å². The second kappa shape index (κ2) is 5.66. The van der Waals surface area contributed by atoms with Crippen LogP contribution in [0.1, 0.15) is 20.3 Å². The van der Waals surface area contributed by atoms with E-state index in [1.807, 2.05) is 0 Å². The van der Waals surface area contributed by atoms with Crippen LogP contribution < -0.4 is 5.32 Å². The molecule has 1 aliphatic rings. The van der Waals surface area contributed by atoms with Crippen molar-refractivity contribution >= 4 is 0 Å². The van der Waals surface area contributed by atoms with Gasteiger partial charge in [0.1, 0.15) is 0 Å². The van der Waals surface area contributed by atoms with Gasteiger partial charge in [0.2, 0.25) is 0 Å². The van der Waals surface area contributed by atoms with Gasteiger partial charge in [0.25, 0.3) is 0 Å². The van der Waals surface area contributed by atoms with Crippen molar-refractivity contribution in [1.82, 2.24) is 10.2 Å². The predicted octanol–water partition coefficient (Wildman–Crippen LogP) is -0.588. The van der Waals surface area contributed by atoms with Crippen molar-refractivity contribution in [2.75, 3.05) is 26.2 Å². The minimum atomic E-state index is -0.192. The maximum atomic E-state index is 9.35. The zero-order chi connectivity index (χ0) is 10.6. The lowest BCUT2D eigenvalue weighted by molar-refractivity contribution is 0.149. The highest BCUT2D eigenvalue weighted by atomic mass is 16.3. The summed E-state index contributed by atoms with van der Waals surface area (Å²) in [4.78, 5) is 2.23. The van der Waals surface area contributed by atoms with E-state index in [1.165, 1.54) is 0 Å². The van der Waals surface area contributed by atoms with Crippen molar-refractivity contribution in [3.8, 4) is 0 Å². The molecule has 1 aliphatic heterocycles. The lowest BCUT2D eigenvalue weighted by Gasteiger charge is -2.28. The van der Waals surface area contributed by atoms with Crippen LogP contribution in [-0.4, -0.2) is 59.5 Å². The summed E-state index contributed by atoms with van der Waals surface area (Å²) in [7, 11) is 0. The Bertz CT molecular complexity index is 164. The van der Waals surface area contributed by atoms with Gasteiger partial charge in [0.15, 0.2) is 0 Å². The van der Waals surface area contributed by atoms with E-state index in [9.17, 15) is 5.11 Å². The third kappa shape index (κ3) is 3.53. The molecule has 0 aromatic heterocycles. The number of hydrogen-bond donors (Lipinski definition) is 3. The fourth-order valence-electron chi connectivity index (χ4n) is 1.91. The fourth-order valence-corrected chi connectivity index (χ4v) is 1.91. The standard InChI is InChI=1S/C10H22N2O2/c1-8(2)12(3-4-13)7-9-5-10(14)6-11-9/h8-11,13-14H,3-7H2,1-2H3. The molecule has 1 rings (SSSR count). The Hall–Kier alpha value is -0.160. The molecule has 4 heteroatoms. The van der Waals surface area contributed by atoms with E-state index in [-0.39, 0.29) is 12.7 Å². The van der Waals surface area contributed by atoms with E-state index < -0.39 is 0 Å². The SMILES string of the molecule is CC(C)N(CCO)CC1CC(O)CN1. The summed E-state index contributed by atoms with van der Waals surface area (Å²) in [6, 6.07) is 0.820. The van der Waals surface area contributed by atoms with Gasteiger partial charge in [-0.2, -0.15) is 0 Å². The third-order valence-electron chi connectivity index (χ3n) is 2.77. The maximum absolute atomic E-state index is 9.35. The Morgan fingerprint density at radius 2 is 2.21 bits per heavy atom. The van der Waals surface area contributed by atoms with Gasteiger partial charge in [0.05, 0.1) is 12.7 Å². The molecular weight excluding hydrogens is 180 g/mol. The average Bonchev–Trinajstić information content (AvgIpc) is 2.50. The minimum absolute atomic E-state index is 0.192. The van der Waals surface area contributed by atoms with Gasteiger partial charge >= 0.3 is 0 Å². The summed E-state index contributed by atoms with van der Waals surface area (Å²) < 4.78 is 0. The van der Waals surface area contributed by atoms with Crippen LogP contribution in [0.4, 0.5) is 0 Å².